The highest BCUT2D eigenvalue weighted by Gasteiger charge is 2.19. The molecule has 4 nitrogen and oxygen atoms in total. The lowest BCUT2D eigenvalue weighted by Crippen LogP contribution is -2.42. The van der Waals surface area contributed by atoms with Crippen molar-refractivity contribution in [2.75, 3.05) is 53.0 Å². The second-order valence-electron chi connectivity index (χ2n) is 5.03. The Labute approximate surface area is 112 Å². The summed E-state index contributed by atoms with van der Waals surface area (Å²) >= 11 is 0. The lowest BCUT2D eigenvalue weighted by atomic mass is 10.1. The maximum absolute atomic E-state index is 5.84. The number of piperidine rings is 1. The van der Waals surface area contributed by atoms with Crippen LogP contribution in [0.4, 0.5) is 0 Å². The largest absolute Gasteiger partial charge is 0.385 e. The Balaban J connectivity index is 2.00. The van der Waals surface area contributed by atoms with Crippen molar-refractivity contribution in [3.05, 3.63) is 0 Å². The van der Waals surface area contributed by atoms with Gasteiger partial charge in [0.1, 0.15) is 0 Å². The molecular weight excluding hydrogens is 228 g/mol. The van der Waals surface area contributed by atoms with Crippen molar-refractivity contribution in [3.8, 4) is 0 Å². The van der Waals surface area contributed by atoms with E-state index in [1.807, 2.05) is 0 Å². The van der Waals surface area contributed by atoms with Gasteiger partial charge in [-0.2, -0.15) is 0 Å². The van der Waals surface area contributed by atoms with E-state index >= 15 is 0 Å². The molecule has 1 N–H and O–H groups in total. The Morgan fingerprint density at radius 1 is 1.28 bits per heavy atom. The highest BCUT2D eigenvalue weighted by atomic mass is 16.5. The van der Waals surface area contributed by atoms with Crippen molar-refractivity contribution in [2.45, 2.75) is 38.7 Å². The van der Waals surface area contributed by atoms with Gasteiger partial charge in [-0.15, -0.1) is 0 Å². The minimum absolute atomic E-state index is 0.465. The number of methoxy groups -OCH3 is 1. The van der Waals surface area contributed by atoms with Gasteiger partial charge in [-0.1, -0.05) is 6.92 Å². The summed E-state index contributed by atoms with van der Waals surface area (Å²) in [5.74, 6) is 0. The fourth-order valence-corrected chi connectivity index (χ4v) is 2.34. The first-order valence-corrected chi connectivity index (χ1v) is 7.40. The van der Waals surface area contributed by atoms with E-state index in [9.17, 15) is 0 Å². The molecule has 18 heavy (non-hydrogen) atoms. The fourth-order valence-electron chi connectivity index (χ4n) is 2.34. The fraction of sp³-hybridized carbons (Fsp3) is 1.00. The molecule has 1 atom stereocenters. The molecular formula is C14H30N2O2. The van der Waals surface area contributed by atoms with E-state index in [1.165, 1.54) is 19.4 Å². The van der Waals surface area contributed by atoms with Crippen LogP contribution in [0.5, 0.6) is 0 Å². The van der Waals surface area contributed by atoms with E-state index in [4.69, 9.17) is 9.47 Å². The number of ether oxygens (including phenoxy) is 2. The van der Waals surface area contributed by atoms with E-state index in [-0.39, 0.29) is 0 Å². The molecule has 1 aliphatic heterocycles. The standard InChI is InChI=1S/C14H30N2O2/c1-3-11-18-14-6-4-9-16(13-14)10-8-15-7-5-12-17-2/h14-15H,3-13H2,1-2H3. The molecule has 108 valence electrons. The molecule has 1 rings (SSSR count). The zero-order valence-electron chi connectivity index (χ0n) is 12.1. The summed E-state index contributed by atoms with van der Waals surface area (Å²) in [6.45, 7) is 9.54. The van der Waals surface area contributed by atoms with Gasteiger partial charge in [0, 0.05) is 40.0 Å². The van der Waals surface area contributed by atoms with Gasteiger partial charge in [0.15, 0.2) is 0 Å². The molecule has 1 saturated heterocycles. The number of rotatable bonds is 10. The first kappa shape index (κ1) is 15.9. The van der Waals surface area contributed by atoms with Gasteiger partial charge < -0.3 is 14.8 Å². The molecule has 0 aliphatic carbocycles. The zero-order chi connectivity index (χ0) is 13.1. The van der Waals surface area contributed by atoms with Gasteiger partial charge in [-0.05, 0) is 38.8 Å². The van der Waals surface area contributed by atoms with Crippen LogP contribution in [0.25, 0.3) is 0 Å². The molecule has 0 bridgehead atoms. The lowest BCUT2D eigenvalue weighted by Gasteiger charge is -2.32. The quantitative estimate of drug-likeness (QED) is 0.602. The number of likely N-dealkylation sites (tertiary alicyclic amines) is 1. The Bertz CT molecular complexity index is 191. The van der Waals surface area contributed by atoms with Crippen LogP contribution in [0.15, 0.2) is 0 Å². The van der Waals surface area contributed by atoms with Gasteiger partial charge >= 0.3 is 0 Å². The molecule has 1 heterocycles. The summed E-state index contributed by atoms with van der Waals surface area (Å²) < 4.78 is 10.9. The lowest BCUT2D eigenvalue weighted by molar-refractivity contribution is 0.000363. The third-order valence-corrected chi connectivity index (χ3v) is 3.33. The highest BCUT2D eigenvalue weighted by molar-refractivity contribution is 4.73. The van der Waals surface area contributed by atoms with Crippen molar-refractivity contribution in [1.29, 1.82) is 0 Å². The number of hydrogen-bond acceptors (Lipinski definition) is 4. The number of hydrogen-bond donors (Lipinski definition) is 1. The molecule has 4 heteroatoms. The van der Waals surface area contributed by atoms with Gasteiger partial charge in [0.2, 0.25) is 0 Å². The summed E-state index contributed by atoms with van der Waals surface area (Å²) in [7, 11) is 1.75. The maximum Gasteiger partial charge on any atom is 0.0702 e. The molecule has 1 fully saturated rings. The zero-order valence-corrected chi connectivity index (χ0v) is 12.1. The summed E-state index contributed by atoms with van der Waals surface area (Å²) in [6, 6.07) is 0. The van der Waals surface area contributed by atoms with Gasteiger partial charge in [0.05, 0.1) is 6.10 Å². The van der Waals surface area contributed by atoms with Crippen molar-refractivity contribution in [1.82, 2.24) is 10.2 Å². The molecule has 0 aromatic heterocycles. The van der Waals surface area contributed by atoms with E-state index in [0.29, 0.717) is 6.10 Å². The first-order valence-electron chi connectivity index (χ1n) is 7.40. The molecule has 0 aromatic rings. The summed E-state index contributed by atoms with van der Waals surface area (Å²) in [6.07, 6.45) is 5.19. The highest BCUT2D eigenvalue weighted by Crippen LogP contribution is 2.12. The van der Waals surface area contributed by atoms with Crippen LogP contribution < -0.4 is 5.32 Å². The maximum atomic E-state index is 5.84. The minimum Gasteiger partial charge on any atom is -0.385 e. The normalized spacial score (nSPS) is 21.3. The number of nitrogens with one attached hydrogen (secondary N) is 1. The molecule has 1 unspecified atom stereocenters. The smallest absolute Gasteiger partial charge is 0.0702 e. The second kappa shape index (κ2) is 10.7. The van der Waals surface area contributed by atoms with Crippen molar-refractivity contribution < 1.29 is 9.47 Å². The predicted molar refractivity (Wildman–Crippen MR) is 75.1 cm³/mol. The average molecular weight is 258 g/mol. The van der Waals surface area contributed by atoms with E-state index < -0.39 is 0 Å². The monoisotopic (exact) mass is 258 g/mol. The Morgan fingerprint density at radius 2 is 2.17 bits per heavy atom. The van der Waals surface area contributed by atoms with E-state index in [2.05, 4.69) is 17.1 Å². The Morgan fingerprint density at radius 3 is 2.94 bits per heavy atom. The van der Waals surface area contributed by atoms with Crippen molar-refractivity contribution in [2.24, 2.45) is 0 Å². The molecule has 0 radical (unpaired) electrons. The third-order valence-electron chi connectivity index (χ3n) is 3.33. The Kier molecular flexibility index (Phi) is 9.48. The van der Waals surface area contributed by atoms with Crippen LogP contribution in [0.1, 0.15) is 32.6 Å². The average Bonchev–Trinajstić information content (AvgIpc) is 2.41. The number of nitrogens with zero attached hydrogens (tertiary/aromatic N) is 1. The Hall–Kier alpha value is -0.160. The molecule has 0 amide bonds. The topological polar surface area (TPSA) is 33.7 Å². The van der Waals surface area contributed by atoms with Gasteiger partial charge in [-0.3, -0.25) is 4.90 Å². The van der Waals surface area contributed by atoms with Crippen LogP contribution in [-0.2, 0) is 9.47 Å². The van der Waals surface area contributed by atoms with Gasteiger partial charge in [-0.25, -0.2) is 0 Å². The summed E-state index contributed by atoms with van der Waals surface area (Å²) in [4.78, 5) is 2.52. The molecule has 0 spiro atoms. The summed E-state index contributed by atoms with van der Waals surface area (Å²) in [5.41, 5.74) is 0. The molecule has 0 aromatic carbocycles. The van der Waals surface area contributed by atoms with Crippen LogP contribution >= 0.6 is 0 Å². The third kappa shape index (κ3) is 7.31. The summed E-state index contributed by atoms with van der Waals surface area (Å²) in [5, 5.41) is 3.46. The SMILES string of the molecule is CCCOC1CCCN(CCNCCCOC)C1. The molecule has 1 aliphatic rings. The predicted octanol–water partition coefficient (Wildman–Crippen LogP) is 1.50. The van der Waals surface area contributed by atoms with Crippen LogP contribution in [0.3, 0.4) is 0 Å². The van der Waals surface area contributed by atoms with Crippen molar-refractivity contribution >= 4 is 0 Å². The van der Waals surface area contributed by atoms with Crippen LogP contribution in [0.2, 0.25) is 0 Å². The minimum atomic E-state index is 0.465. The van der Waals surface area contributed by atoms with E-state index in [0.717, 1.165) is 52.2 Å². The van der Waals surface area contributed by atoms with Crippen molar-refractivity contribution in [3.63, 3.8) is 0 Å². The first-order chi connectivity index (χ1) is 8.86. The van der Waals surface area contributed by atoms with Gasteiger partial charge in [0.25, 0.3) is 0 Å². The van der Waals surface area contributed by atoms with Crippen LogP contribution in [-0.4, -0.2) is 64.1 Å². The van der Waals surface area contributed by atoms with Crippen LogP contribution in [0, 0.1) is 0 Å². The van der Waals surface area contributed by atoms with E-state index in [1.54, 1.807) is 7.11 Å². The molecule has 0 saturated carbocycles. The second-order valence-corrected chi connectivity index (χ2v) is 5.03.